The van der Waals surface area contributed by atoms with Gasteiger partial charge in [0.05, 0.1) is 0 Å². The van der Waals surface area contributed by atoms with Crippen LogP contribution < -0.4 is 5.32 Å². The van der Waals surface area contributed by atoms with E-state index in [9.17, 15) is 9.90 Å². The first-order valence-corrected chi connectivity index (χ1v) is 7.95. The second-order valence-corrected chi connectivity index (χ2v) is 6.65. The molecule has 0 radical (unpaired) electrons. The highest BCUT2D eigenvalue weighted by Gasteiger charge is 2.49. The third-order valence-corrected chi connectivity index (χ3v) is 5.11. The van der Waals surface area contributed by atoms with Crippen molar-refractivity contribution in [2.75, 3.05) is 13.1 Å². The van der Waals surface area contributed by atoms with Crippen LogP contribution in [0.1, 0.15) is 57.8 Å². The summed E-state index contributed by atoms with van der Waals surface area (Å²) in [6.07, 6.45) is 10.2. The van der Waals surface area contributed by atoms with Crippen molar-refractivity contribution in [2.24, 2.45) is 0 Å². The van der Waals surface area contributed by atoms with E-state index in [4.69, 9.17) is 0 Å². The van der Waals surface area contributed by atoms with Crippen LogP contribution in [0.3, 0.4) is 0 Å². The van der Waals surface area contributed by atoms with Crippen LogP contribution in [-0.2, 0) is 4.79 Å². The van der Waals surface area contributed by atoms with Crippen LogP contribution in [0.2, 0.25) is 0 Å². The SMILES string of the molecule is O=C(O)C1(NC2CC2)CCC(N2CCCCCC2)C1. The molecule has 4 heteroatoms. The molecule has 3 rings (SSSR count). The summed E-state index contributed by atoms with van der Waals surface area (Å²) in [7, 11) is 0. The molecule has 0 aromatic carbocycles. The maximum Gasteiger partial charge on any atom is 0.323 e. The summed E-state index contributed by atoms with van der Waals surface area (Å²) < 4.78 is 0. The molecule has 1 saturated heterocycles. The summed E-state index contributed by atoms with van der Waals surface area (Å²) >= 11 is 0. The monoisotopic (exact) mass is 266 g/mol. The Morgan fingerprint density at radius 2 is 1.79 bits per heavy atom. The number of carboxylic acids is 1. The highest BCUT2D eigenvalue weighted by atomic mass is 16.4. The van der Waals surface area contributed by atoms with Gasteiger partial charge in [-0.1, -0.05) is 12.8 Å². The minimum atomic E-state index is -0.628. The van der Waals surface area contributed by atoms with Crippen molar-refractivity contribution in [3.05, 3.63) is 0 Å². The van der Waals surface area contributed by atoms with Crippen LogP contribution in [0.5, 0.6) is 0 Å². The molecule has 2 aliphatic carbocycles. The van der Waals surface area contributed by atoms with Gasteiger partial charge in [-0.2, -0.15) is 0 Å². The lowest BCUT2D eigenvalue weighted by molar-refractivity contribution is -0.145. The molecule has 3 aliphatic rings. The largest absolute Gasteiger partial charge is 0.480 e. The molecule has 0 bridgehead atoms. The van der Waals surface area contributed by atoms with Gasteiger partial charge >= 0.3 is 5.97 Å². The molecular weight excluding hydrogens is 240 g/mol. The minimum absolute atomic E-state index is 0.471. The summed E-state index contributed by atoms with van der Waals surface area (Å²) in [5.41, 5.74) is -0.627. The Balaban J connectivity index is 1.64. The Labute approximate surface area is 115 Å². The smallest absolute Gasteiger partial charge is 0.323 e. The Morgan fingerprint density at radius 1 is 1.11 bits per heavy atom. The van der Waals surface area contributed by atoms with Crippen molar-refractivity contribution >= 4 is 5.97 Å². The molecule has 2 saturated carbocycles. The Morgan fingerprint density at radius 3 is 2.37 bits per heavy atom. The van der Waals surface area contributed by atoms with Gasteiger partial charge in [-0.3, -0.25) is 10.1 Å². The van der Waals surface area contributed by atoms with E-state index in [1.807, 2.05) is 0 Å². The average molecular weight is 266 g/mol. The molecule has 0 aromatic rings. The number of hydrogen-bond acceptors (Lipinski definition) is 3. The number of carboxylic acid groups (broad SMARTS) is 1. The molecule has 3 fully saturated rings. The van der Waals surface area contributed by atoms with Crippen molar-refractivity contribution < 1.29 is 9.90 Å². The van der Waals surface area contributed by atoms with Crippen LogP contribution >= 0.6 is 0 Å². The quantitative estimate of drug-likeness (QED) is 0.817. The number of carbonyl (C=O) groups is 1. The Kier molecular flexibility index (Phi) is 3.81. The number of hydrogen-bond donors (Lipinski definition) is 2. The Bertz CT molecular complexity index is 335. The van der Waals surface area contributed by atoms with Gasteiger partial charge in [0, 0.05) is 12.1 Å². The van der Waals surface area contributed by atoms with Gasteiger partial charge in [-0.15, -0.1) is 0 Å². The second kappa shape index (κ2) is 5.41. The lowest BCUT2D eigenvalue weighted by atomic mass is 9.97. The molecule has 0 spiro atoms. The van der Waals surface area contributed by atoms with Crippen molar-refractivity contribution in [2.45, 2.75) is 75.4 Å². The Hall–Kier alpha value is -0.610. The van der Waals surface area contributed by atoms with Crippen molar-refractivity contribution in [3.8, 4) is 0 Å². The maximum atomic E-state index is 11.7. The molecule has 108 valence electrons. The van der Waals surface area contributed by atoms with E-state index in [1.54, 1.807) is 0 Å². The van der Waals surface area contributed by atoms with E-state index < -0.39 is 11.5 Å². The summed E-state index contributed by atoms with van der Waals surface area (Å²) in [6, 6.07) is 0.958. The molecule has 4 nitrogen and oxygen atoms in total. The zero-order valence-corrected chi connectivity index (χ0v) is 11.7. The molecule has 2 atom stereocenters. The summed E-state index contributed by atoms with van der Waals surface area (Å²) in [5, 5.41) is 13.1. The van der Waals surface area contributed by atoms with E-state index >= 15 is 0 Å². The topological polar surface area (TPSA) is 52.6 Å². The number of likely N-dealkylation sites (tertiary alicyclic amines) is 1. The molecule has 19 heavy (non-hydrogen) atoms. The fraction of sp³-hybridized carbons (Fsp3) is 0.933. The van der Waals surface area contributed by atoms with Crippen molar-refractivity contribution in [3.63, 3.8) is 0 Å². The third kappa shape index (κ3) is 2.95. The highest BCUT2D eigenvalue weighted by molar-refractivity contribution is 5.79. The van der Waals surface area contributed by atoms with Crippen LogP contribution in [0.4, 0.5) is 0 Å². The van der Waals surface area contributed by atoms with Crippen LogP contribution in [0.15, 0.2) is 0 Å². The van der Waals surface area contributed by atoms with Crippen molar-refractivity contribution in [1.29, 1.82) is 0 Å². The van der Waals surface area contributed by atoms with Gasteiger partial charge in [0.25, 0.3) is 0 Å². The number of aliphatic carboxylic acids is 1. The second-order valence-electron chi connectivity index (χ2n) is 6.65. The number of rotatable bonds is 4. The predicted molar refractivity (Wildman–Crippen MR) is 74.2 cm³/mol. The van der Waals surface area contributed by atoms with Crippen molar-refractivity contribution in [1.82, 2.24) is 10.2 Å². The number of nitrogens with zero attached hydrogens (tertiary/aromatic N) is 1. The van der Waals surface area contributed by atoms with E-state index in [-0.39, 0.29) is 0 Å². The number of nitrogens with one attached hydrogen (secondary N) is 1. The van der Waals surface area contributed by atoms with Gasteiger partial charge in [0.2, 0.25) is 0 Å². The zero-order chi connectivity index (χ0) is 13.3. The van der Waals surface area contributed by atoms with Gasteiger partial charge < -0.3 is 10.0 Å². The maximum absolute atomic E-state index is 11.7. The van der Waals surface area contributed by atoms with Crippen LogP contribution in [-0.4, -0.2) is 46.7 Å². The fourth-order valence-electron chi connectivity index (χ4n) is 3.80. The van der Waals surface area contributed by atoms with E-state index in [0.717, 1.165) is 32.1 Å². The first-order valence-electron chi connectivity index (χ1n) is 7.95. The molecule has 0 aromatic heterocycles. The lowest BCUT2D eigenvalue weighted by Gasteiger charge is -2.30. The first kappa shape index (κ1) is 13.4. The zero-order valence-electron chi connectivity index (χ0n) is 11.7. The normalized spacial score (nSPS) is 37.2. The molecule has 0 amide bonds. The minimum Gasteiger partial charge on any atom is -0.480 e. The van der Waals surface area contributed by atoms with Gasteiger partial charge in [-0.25, -0.2) is 0 Å². The predicted octanol–water partition coefficient (Wildman–Crippen LogP) is 1.99. The van der Waals surface area contributed by atoms with Gasteiger partial charge in [0.15, 0.2) is 0 Å². The molecule has 1 heterocycles. The summed E-state index contributed by atoms with van der Waals surface area (Å²) in [6.45, 7) is 2.34. The van der Waals surface area contributed by atoms with Crippen LogP contribution in [0.25, 0.3) is 0 Å². The highest BCUT2D eigenvalue weighted by Crippen LogP contribution is 2.37. The molecule has 1 aliphatic heterocycles. The first-order chi connectivity index (χ1) is 9.20. The van der Waals surface area contributed by atoms with E-state index in [1.165, 1.54) is 38.8 Å². The van der Waals surface area contributed by atoms with E-state index in [2.05, 4.69) is 10.2 Å². The molecule has 2 unspecified atom stereocenters. The van der Waals surface area contributed by atoms with Gasteiger partial charge in [0.1, 0.15) is 5.54 Å². The third-order valence-electron chi connectivity index (χ3n) is 5.11. The molecule has 2 N–H and O–H groups in total. The van der Waals surface area contributed by atoms with Crippen LogP contribution in [0, 0.1) is 0 Å². The summed E-state index contributed by atoms with van der Waals surface area (Å²) in [4.78, 5) is 14.3. The average Bonchev–Trinajstić information content (AvgIpc) is 3.14. The summed E-state index contributed by atoms with van der Waals surface area (Å²) in [5.74, 6) is -0.628. The van der Waals surface area contributed by atoms with Gasteiger partial charge in [-0.05, 0) is 58.0 Å². The lowest BCUT2D eigenvalue weighted by Crippen LogP contribution is -2.52. The standard InChI is InChI=1S/C15H26N2O2/c18-14(19)15(16-12-5-6-12)8-7-13(11-15)17-9-3-1-2-4-10-17/h12-13,16H,1-11H2,(H,18,19). The molecular formula is C15H26N2O2. The fourth-order valence-corrected chi connectivity index (χ4v) is 3.80. The van der Waals surface area contributed by atoms with E-state index in [0.29, 0.717) is 12.1 Å².